The van der Waals surface area contributed by atoms with Gasteiger partial charge in [-0.15, -0.1) is 0 Å². The van der Waals surface area contributed by atoms with Crippen molar-refractivity contribution in [1.82, 2.24) is 9.88 Å². The van der Waals surface area contributed by atoms with Crippen LogP contribution in [0.4, 0.5) is 15.2 Å². The standard InChI is InChI=1S/C24H25FN4O3S/c25-18-5-7-19(8-6-18)29-16-17(15-22(29)30)23(31)28(10-9-27-11-13-32-14-12-27)24-26-20-3-1-2-4-21(20)33-24/h1-8,17H,9-16H2. The lowest BCUT2D eigenvalue weighted by atomic mass is 10.1. The first-order valence-corrected chi connectivity index (χ1v) is 11.9. The molecule has 33 heavy (non-hydrogen) atoms. The lowest BCUT2D eigenvalue weighted by Gasteiger charge is -2.30. The van der Waals surface area contributed by atoms with E-state index in [9.17, 15) is 14.0 Å². The first-order valence-electron chi connectivity index (χ1n) is 11.1. The van der Waals surface area contributed by atoms with Crippen LogP contribution in [-0.2, 0) is 14.3 Å². The number of morpholine rings is 1. The number of nitrogens with zero attached hydrogens (tertiary/aromatic N) is 4. The van der Waals surface area contributed by atoms with Crippen molar-refractivity contribution in [3.63, 3.8) is 0 Å². The SMILES string of the molecule is O=C1CC(C(=O)N(CCN2CCOCC2)c2nc3ccccc3s2)CN1c1ccc(F)cc1. The minimum absolute atomic E-state index is 0.0970. The number of hydrogen-bond acceptors (Lipinski definition) is 6. The van der Waals surface area contributed by atoms with E-state index in [-0.39, 0.29) is 30.6 Å². The summed E-state index contributed by atoms with van der Waals surface area (Å²) in [6, 6.07) is 13.6. The van der Waals surface area contributed by atoms with Gasteiger partial charge in [0, 0.05) is 44.8 Å². The molecule has 0 radical (unpaired) electrons. The van der Waals surface area contributed by atoms with Crippen molar-refractivity contribution in [2.24, 2.45) is 5.92 Å². The maximum atomic E-state index is 13.7. The molecule has 0 aliphatic carbocycles. The number of aromatic nitrogens is 1. The van der Waals surface area contributed by atoms with Crippen LogP contribution in [-0.4, -0.2) is 67.6 Å². The average molecular weight is 469 g/mol. The van der Waals surface area contributed by atoms with Crippen molar-refractivity contribution < 1.29 is 18.7 Å². The van der Waals surface area contributed by atoms with E-state index in [4.69, 9.17) is 9.72 Å². The van der Waals surface area contributed by atoms with Gasteiger partial charge >= 0.3 is 0 Å². The quantitative estimate of drug-likeness (QED) is 0.556. The van der Waals surface area contributed by atoms with Gasteiger partial charge in [0.05, 0.1) is 29.3 Å². The van der Waals surface area contributed by atoms with Crippen LogP contribution >= 0.6 is 11.3 Å². The number of carbonyl (C=O) groups excluding carboxylic acids is 2. The number of anilines is 2. The summed E-state index contributed by atoms with van der Waals surface area (Å²) in [5.41, 5.74) is 1.47. The largest absolute Gasteiger partial charge is 0.379 e. The Kier molecular flexibility index (Phi) is 6.34. The molecule has 2 aliphatic heterocycles. The predicted molar refractivity (Wildman–Crippen MR) is 126 cm³/mol. The van der Waals surface area contributed by atoms with E-state index in [0.29, 0.717) is 37.1 Å². The third-order valence-corrected chi connectivity index (χ3v) is 7.20. The highest BCUT2D eigenvalue weighted by molar-refractivity contribution is 7.22. The average Bonchev–Trinajstić information content (AvgIpc) is 3.44. The number of amides is 2. The van der Waals surface area contributed by atoms with E-state index in [1.54, 1.807) is 21.9 Å². The van der Waals surface area contributed by atoms with E-state index in [2.05, 4.69) is 4.90 Å². The number of halogens is 1. The van der Waals surface area contributed by atoms with Crippen molar-refractivity contribution in [1.29, 1.82) is 0 Å². The summed E-state index contributed by atoms with van der Waals surface area (Å²) in [4.78, 5) is 36.7. The molecule has 0 N–H and O–H groups in total. The molecule has 2 aromatic carbocycles. The Bertz CT molecular complexity index is 1110. The molecule has 0 saturated carbocycles. The number of para-hydroxylation sites is 1. The Labute approximate surface area is 195 Å². The van der Waals surface area contributed by atoms with Gasteiger partial charge in [-0.05, 0) is 36.4 Å². The highest BCUT2D eigenvalue weighted by atomic mass is 32.1. The van der Waals surface area contributed by atoms with E-state index in [1.165, 1.54) is 23.5 Å². The van der Waals surface area contributed by atoms with Crippen LogP contribution in [0, 0.1) is 11.7 Å². The van der Waals surface area contributed by atoms with Gasteiger partial charge in [-0.3, -0.25) is 19.4 Å². The normalized spacial score (nSPS) is 19.4. The molecule has 2 aliphatic rings. The molecule has 172 valence electrons. The van der Waals surface area contributed by atoms with Crippen LogP contribution in [0.5, 0.6) is 0 Å². The van der Waals surface area contributed by atoms with Crippen LogP contribution in [0.25, 0.3) is 10.2 Å². The summed E-state index contributed by atoms with van der Waals surface area (Å²) < 4.78 is 19.8. The molecule has 2 amide bonds. The number of ether oxygens (including phenoxy) is 1. The van der Waals surface area contributed by atoms with E-state index in [1.807, 2.05) is 24.3 Å². The molecule has 2 fully saturated rings. The fourth-order valence-electron chi connectivity index (χ4n) is 4.31. The van der Waals surface area contributed by atoms with Crippen molar-refractivity contribution in [2.75, 3.05) is 55.7 Å². The Hall–Kier alpha value is -2.88. The topological polar surface area (TPSA) is 66.0 Å². The molecule has 0 bridgehead atoms. The molecule has 3 heterocycles. The third kappa shape index (κ3) is 4.75. The number of hydrogen-bond donors (Lipinski definition) is 0. The van der Waals surface area contributed by atoms with Gasteiger partial charge < -0.3 is 9.64 Å². The molecule has 5 rings (SSSR count). The van der Waals surface area contributed by atoms with Crippen molar-refractivity contribution in [3.8, 4) is 0 Å². The molecule has 1 unspecified atom stereocenters. The molecule has 2 saturated heterocycles. The molecule has 0 spiro atoms. The fourth-order valence-corrected chi connectivity index (χ4v) is 5.30. The third-order valence-electron chi connectivity index (χ3n) is 6.14. The zero-order valence-electron chi connectivity index (χ0n) is 18.2. The minimum Gasteiger partial charge on any atom is -0.379 e. The number of benzene rings is 2. The molecule has 3 aromatic rings. The first kappa shape index (κ1) is 21.9. The van der Waals surface area contributed by atoms with Crippen molar-refractivity contribution in [3.05, 3.63) is 54.3 Å². The zero-order chi connectivity index (χ0) is 22.8. The van der Waals surface area contributed by atoms with Gasteiger partial charge in [-0.1, -0.05) is 23.5 Å². The smallest absolute Gasteiger partial charge is 0.234 e. The minimum atomic E-state index is -0.473. The number of rotatable bonds is 6. The van der Waals surface area contributed by atoms with E-state index < -0.39 is 5.92 Å². The second kappa shape index (κ2) is 9.54. The van der Waals surface area contributed by atoms with Gasteiger partial charge in [-0.2, -0.15) is 0 Å². The summed E-state index contributed by atoms with van der Waals surface area (Å²) in [6.07, 6.45) is 0.134. The van der Waals surface area contributed by atoms with Crippen LogP contribution in [0.1, 0.15) is 6.42 Å². The van der Waals surface area contributed by atoms with Crippen LogP contribution in [0.15, 0.2) is 48.5 Å². The van der Waals surface area contributed by atoms with Gasteiger partial charge in [0.15, 0.2) is 5.13 Å². The van der Waals surface area contributed by atoms with Gasteiger partial charge in [0.2, 0.25) is 11.8 Å². The second-order valence-electron chi connectivity index (χ2n) is 8.29. The first-order chi connectivity index (χ1) is 16.1. The van der Waals surface area contributed by atoms with E-state index >= 15 is 0 Å². The number of fused-ring (bicyclic) bond motifs is 1. The summed E-state index contributed by atoms with van der Waals surface area (Å²) >= 11 is 1.49. The second-order valence-corrected chi connectivity index (χ2v) is 9.30. The van der Waals surface area contributed by atoms with Crippen LogP contribution in [0.3, 0.4) is 0 Å². The molecule has 1 atom stereocenters. The monoisotopic (exact) mass is 468 g/mol. The van der Waals surface area contributed by atoms with Crippen molar-refractivity contribution in [2.45, 2.75) is 6.42 Å². The molecular weight excluding hydrogens is 443 g/mol. The lowest BCUT2D eigenvalue weighted by Crippen LogP contribution is -2.45. The predicted octanol–water partition coefficient (Wildman–Crippen LogP) is 3.15. The number of carbonyl (C=O) groups is 2. The molecule has 1 aromatic heterocycles. The molecule has 9 heteroatoms. The highest BCUT2D eigenvalue weighted by Crippen LogP contribution is 2.32. The molecule has 7 nitrogen and oxygen atoms in total. The maximum absolute atomic E-state index is 13.7. The van der Waals surface area contributed by atoms with Gasteiger partial charge in [0.1, 0.15) is 5.82 Å². The summed E-state index contributed by atoms with van der Waals surface area (Å²) in [7, 11) is 0. The Morgan fingerprint density at radius 1 is 1.15 bits per heavy atom. The highest BCUT2D eigenvalue weighted by Gasteiger charge is 2.38. The van der Waals surface area contributed by atoms with Gasteiger partial charge in [-0.25, -0.2) is 9.37 Å². The zero-order valence-corrected chi connectivity index (χ0v) is 19.0. The molecular formula is C24H25FN4O3S. The Balaban J connectivity index is 1.37. The maximum Gasteiger partial charge on any atom is 0.234 e. The van der Waals surface area contributed by atoms with Gasteiger partial charge in [0.25, 0.3) is 0 Å². The number of thiazole rings is 1. The van der Waals surface area contributed by atoms with Crippen molar-refractivity contribution >= 4 is 44.2 Å². The van der Waals surface area contributed by atoms with E-state index in [0.717, 1.165) is 23.3 Å². The van der Waals surface area contributed by atoms with Crippen LogP contribution in [0.2, 0.25) is 0 Å². The summed E-state index contributed by atoms with van der Waals surface area (Å²) in [5, 5.41) is 0.655. The lowest BCUT2D eigenvalue weighted by molar-refractivity contribution is -0.124. The Morgan fingerprint density at radius 2 is 1.91 bits per heavy atom. The summed E-state index contributed by atoms with van der Waals surface area (Å²) in [6.45, 7) is 4.55. The van der Waals surface area contributed by atoms with Crippen LogP contribution < -0.4 is 9.80 Å². The fraction of sp³-hybridized carbons (Fsp3) is 0.375. The summed E-state index contributed by atoms with van der Waals surface area (Å²) in [5.74, 6) is -1.06. The Morgan fingerprint density at radius 3 is 2.67 bits per heavy atom.